The molecule has 208 valence electrons. The molecule has 5 rings (SSSR count). The van der Waals surface area contributed by atoms with Crippen molar-refractivity contribution in [3.8, 4) is 5.75 Å². The van der Waals surface area contributed by atoms with E-state index in [2.05, 4.69) is 20.1 Å². The van der Waals surface area contributed by atoms with Crippen molar-refractivity contribution in [1.29, 1.82) is 0 Å². The van der Waals surface area contributed by atoms with Crippen molar-refractivity contribution in [2.45, 2.75) is 89.8 Å². The van der Waals surface area contributed by atoms with Crippen LogP contribution in [0.4, 0.5) is 0 Å². The third kappa shape index (κ3) is 5.99. The van der Waals surface area contributed by atoms with E-state index in [-0.39, 0.29) is 42.5 Å². The lowest BCUT2D eigenvalue weighted by atomic mass is 9.88. The number of aromatic nitrogens is 3. The van der Waals surface area contributed by atoms with Gasteiger partial charge in [0, 0.05) is 42.2 Å². The van der Waals surface area contributed by atoms with E-state index in [4.69, 9.17) is 9.15 Å². The van der Waals surface area contributed by atoms with Crippen LogP contribution < -0.4 is 4.74 Å². The number of ketones is 1. The lowest BCUT2D eigenvalue weighted by Gasteiger charge is -2.42. The van der Waals surface area contributed by atoms with Crippen LogP contribution in [-0.4, -0.2) is 68.3 Å². The molecule has 2 heterocycles. The zero-order chi connectivity index (χ0) is 27.4. The second-order valence-electron chi connectivity index (χ2n) is 10.7. The molecular formula is C29H37N5O5. The molecule has 2 fully saturated rings. The van der Waals surface area contributed by atoms with Crippen LogP contribution in [0.3, 0.4) is 0 Å². The fourth-order valence-corrected chi connectivity index (χ4v) is 6.11. The van der Waals surface area contributed by atoms with Gasteiger partial charge < -0.3 is 23.9 Å². The maximum absolute atomic E-state index is 14.0. The largest absolute Gasteiger partial charge is 0.497 e. The molecule has 0 atom stereocenters. The minimum Gasteiger partial charge on any atom is -0.497 e. The smallest absolute Gasteiger partial charge is 0.295 e. The van der Waals surface area contributed by atoms with Gasteiger partial charge in [0.1, 0.15) is 12.3 Å². The van der Waals surface area contributed by atoms with Crippen LogP contribution >= 0.6 is 0 Å². The number of ether oxygens (including phenoxy) is 1. The fraction of sp³-hybridized carbons (Fsp3) is 0.552. The molecule has 2 saturated carbocycles. The molecule has 0 aliphatic heterocycles. The Balaban J connectivity index is 1.41. The number of rotatable bonds is 9. The number of aromatic amines is 1. The second-order valence-corrected chi connectivity index (χ2v) is 10.7. The van der Waals surface area contributed by atoms with Gasteiger partial charge in [-0.25, -0.2) is 0 Å². The lowest BCUT2D eigenvalue weighted by molar-refractivity contribution is -0.143. The number of nitrogens with one attached hydrogen (secondary N) is 1. The van der Waals surface area contributed by atoms with Gasteiger partial charge in [0.2, 0.25) is 17.7 Å². The normalized spacial score (nSPS) is 16.8. The molecule has 1 N–H and O–H groups in total. The van der Waals surface area contributed by atoms with E-state index in [1.165, 1.54) is 23.9 Å². The summed E-state index contributed by atoms with van der Waals surface area (Å²) >= 11 is 0. The van der Waals surface area contributed by atoms with E-state index in [1.54, 1.807) is 32.2 Å². The van der Waals surface area contributed by atoms with Crippen molar-refractivity contribution in [3.63, 3.8) is 0 Å². The number of aryl methyl sites for hydroxylation is 1. The first-order valence-electron chi connectivity index (χ1n) is 14.0. The van der Waals surface area contributed by atoms with Crippen LogP contribution in [0.2, 0.25) is 0 Å². The lowest BCUT2D eigenvalue weighted by Crippen LogP contribution is -2.53. The Bertz CT molecular complexity index is 1300. The van der Waals surface area contributed by atoms with Crippen LogP contribution in [0.25, 0.3) is 10.9 Å². The standard InChI is InChI=1S/C29H37N5O5/c1-19-31-32-26(39-19)17-33(29(37)28(36)24-16-30-25-15-22(38-2)13-14-23(24)25)18-27(35)34(20-9-5-3-6-10-20)21-11-7-4-8-12-21/h13-16,20-21,30H,3-12,17-18H2,1-2H3. The van der Waals surface area contributed by atoms with E-state index in [9.17, 15) is 14.4 Å². The van der Waals surface area contributed by atoms with E-state index in [1.807, 2.05) is 0 Å². The van der Waals surface area contributed by atoms with Crippen LogP contribution in [-0.2, 0) is 16.1 Å². The van der Waals surface area contributed by atoms with Crippen molar-refractivity contribution in [2.75, 3.05) is 13.7 Å². The Morgan fingerprint density at radius 1 is 1.00 bits per heavy atom. The summed E-state index contributed by atoms with van der Waals surface area (Å²) in [6.45, 7) is 1.33. The van der Waals surface area contributed by atoms with Crippen molar-refractivity contribution < 1.29 is 23.5 Å². The average molecular weight is 536 g/mol. The van der Waals surface area contributed by atoms with E-state index < -0.39 is 11.7 Å². The third-order valence-electron chi connectivity index (χ3n) is 8.06. The molecule has 2 aliphatic rings. The molecule has 2 aromatic heterocycles. The first-order valence-corrected chi connectivity index (χ1v) is 14.0. The topological polar surface area (TPSA) is 122 Å². The Morgan fingerprint density at radius 2 is 1.67 bits per heavy atom. The number of hydrogen-bond acceptors (Lipinski definition) is 7. The zero-order valence-corrected chi connectivity index (χ0v) is 22.8. The number of Topliss-reactive ketones (excluding diaryl/α,β-unsaturated/α-hetero) is 1. The van der Waals surface area contributed by atoms with Crippen LogP contribution in [0.1, 0.15) is 86.3 Å². The third-order valence-corrected chi connectivity index (χ3v) is 8.06. The SMILES string of the molecule is COc1ccc2c(C(=O)C(=O)N(CC(=O)N(C3CCCCC3)C3CCCCC3)Cc3nnc(C)o3)c[nH]c2c1. The minimum absolute atomic E-state index is 0.115. The summed E-state index contributed by atoms with van der Waals surface area (Å²) in [5.41, 5.74) is 0.926. The number of benzene rings is 1. The number of carbonyl (C=O) groups is 3. The van der Waals surface area contributed by atoms with Gasteiger partial charge in [0.15, 0.2) is 0 Å². The second kappa shape index (κ2) is 12.0. The number of carbonyl (C=O) groups excluding carboxylic acids is 3. The van der Waals surface area contributed by atoms with Gasteiger partial charge in [-0.3, -0.25) is 14.4 Å². The average Bonchev–Trinajstić information content (AvgIpc) is 3.58. The molecule has 0 saturated heterocycles. The zero-order valence-electron chi connectivity index (χ0n) is 22.8. The van der Waals surface area contributed by atoms with Gasteiger partial charge in [-0.2, -0.15) is 0 Å². The molecule has 0 unspecified atom stereocenters. The Kier molecular flexibility index (Phi) is 8.28. The van der Waals surface area contributed by atoms with Crippen molar-refractivity contribution in [2.24, 2.45) is 0 Å². The fourth-order valence-electron chi connectivity index (χ4n) is 6.11. The molecule has 39 heavy (non-hydrogen) atoms. The molecule has 10 heteroatoms. The molecule has 0 radical (unpaired) electrons. The van der Waals surface area contributed by atoms with Crippen molar-refractivity contribution in [1.82, 2.24) is 25.0 Å². The van der Waals surface area contributed by atoms with Crippen LogP contribution in [0.5, 0.6) is 5.75 Å². The maximum atomic E-state index is 14.0. The quantitative estimate of drug-likeness (QED) is 0.315. The highest BCUT2D eigenvalue weighted by molar-refractivity contribution is 6.45. The van der Waals surface area contributed by atoms with Crippen LogP contribution in [0, 0.1) is 6.92 Å². The number of H-pyrrole nitrogens is 1. The maximum Gasteiger partial charge on any atom is 0.295 e. The number of methoxy groups -OCH3 is 1. The Morgan fingerprint density at radius 3 is 2.26 bits per heavy atom. The van der Waals surface area contributed by atoms with E-state index in [0.29, 0.717) is 22.5 Å². The molecule has 0 spiro atoms. The first-order chi connectivity index (χ1) is 18.9. The van der Waals surface area contributed by atoms with Crippen molar-refractivity contribution >= 4 is 28.5 Å². The predicted molar refractivity (Wildman–Crippen MR) is 144 cm³/mol. The Hall–Kier alpha value is -3.69. The summed E-state index contributed by atoms with van der Waals surface area (Å²) in [4.78, 5) is 47.6. The molecule has 1 aromatic carbocycles. The van der Waals surface area contributed by atoms with E-state index >= 15 is 0 Å². The number of amides is 2. The monoisotopic (exact) mass is 535 g/mol. The highest BCUT2D eigenvalue weighted by atomic mass is 16.5. The highest BCUT2D eigenvalue weighted by Crippen LogP contribution is 2.31. The van der Waals surface area contributed by atoms with Gasteiger partial charge in [-0.1, -0.05) is 38.5 Å². The van der Waals surface area contributed by atoms with Gasteiger partial charge in [-0.05, 0) is 37.8 Å². The minimum atomic E-state index is -0.775. The molecule has 3 aromatic rings. The van der Waals surface area contributed by atoms with Gasteiger partial charge in [0.25, 0.3) is 11.7 Å². The molecule has 10 nitrogen and oxygen atoms in total. The molecular weight excluding hydrogens is 498 g/mol. The summed E-state index contributed by atoms with van der Waals surface area (Å²) in [7, 11) is 1.57. The summed E-state index contributed by atoms with van der Waals surface area (Å²) < 4.78 is 10.8. The summed E-state index contributed by atoms with van der Waals surface area (Å²) in [5, 5.41) is 8.50. The molecule has 2 amide bonds. The predicted octanol–water partition coefficient (Wildman–Crippen LogP) is 4.57. The van der Waals surface area contributed by atoms with E-state index in [0.717, 1.165) is 51.4 Å². The summed E-state index contributed by atoms with van der Waals surface area (Å²) in [6, 6.07) is 5.61. The van der Waals surface area contributed by atoms with Gasteiger partial charge in [-0.15, -0.1) is 10.2 Å². The molecule has 0 bridgehead atoms. The number of fused-ring (bicyclic) bond motifs is 1. The number of hydrogen-bond donors (Lipinski definition) is 1. The number of nitrogens with zero attached hydrogens (tertiary/aromatic N) is 4. The molecule has 2 aliphatic carbocycles. The highest BCUT2D eigenvalue weighted by Gasteiger charge is 2.35. The Labute approximate surface area is 228 Å². The first kappa shape index (κ1) is 26.9. The summed E-state index contributed by atoms with van der Waals surface area (Å²) in [6.07, 6.45) is 12.3. The van der Waals surface area contributed by atoms with Gasteiger partial charge >= 0.3 is 0 Å². The van der Waals surface area contributed by atoms with Crippen LogP contribution in [0.15, 0.2) is 28.8 Å². The summed E-state index contributed by atoms with van der Waals surface area (Å²) in [5.74, 6) is -0.409. The van der Waals surface area contributed by atoms with Crippen molar-refractivity contribution in [3.05, 3.63) is 41.7 Å². The van der Waals surface area contributed by atoms with Gasteiger partial charge in [0.05, 0.1) is 19.2 Å².